The Morgan fingerprint density at radius 3 is 2.31 bits per heavy atom. The topological polar surface area (TPSA) is 105 Å². The SMILES string of the molecule is O=C(CCl)Nc1ccc(C2=NN(C(=O)CCl)C(c3ccc([N+](=O)[O-])cc3)C2)cc1. The Labute approximate surface area is 176 Å². The highest BCUT2D eigenvalue weighted by atomic mass is 35.5. The number of hydrogen-bond acceptors (Lipinski definition) is 5. The lowest BCUT2D eigenvalue weighted by molar-refractivity contribution is -0.384. The highest BCUT2D eigenvalue weighted by Crippen LogP contribution is 2.34. The van der Waals surface area contributed by atoms with E-state index < -0.39 is 11.0 Å². The van der Waals surface area contributed by atoms with E-state index in [4.69, 9.17) is 23.2 Å². The first-order chi connectivity index (χ1) is 13.9. The summed E-state index contributed by atoms with van der Waals surface area (Å²) in [7, 11) is 0. The first kappa shape index (κ1) is 20.8. The molecule has 2 aromatic carbocycles. The monoisotopic (exact) mass is 434 g/mol. The predicted molar refractivity (Wildman–Crippen MR) is 110 cm³/mol. The van der Waals surface area contributed by atoms with Crippen LogP contribution in [0.4, 0.5) is 11.4 Å². The van der Waals surface area contributed by atoms with Gasteiger partial charge < -0.3 is 5.32 Å². The molecule has 8 nitrogen and oxygen atoms in total. The van der Waals surface area contributed by atoms with Crippen molar-refractivity contribution in [3.8, 4) is 0 Å². The number of amides is 2. The molecule has 0 aliphatic carbocycles. The highest BCUT2D eigenvalue weighted by molar-refractivity contribution is 6.29. The van der Waals surface area contributed by atoms with Gasteiger partial charge in [0.1, 0.15) is 11.8 Å². The number of non-ortho nitro benzene ring substituents is 1. The van der Waals surface area contributed by atoms with E-state index in [0.717, 1.165) is 11.1 Å². The molecular weight excluding hydrogens is 419 g/mol. The minimum Gasteiger partial charge on any atom is -0.325 e. The maximum absolute atomic E-state index is 12.3. The number of nitro groups is 1. The van der Waals surface area contributed by atoms with E-state index in [1.165, 1.54) is 17.1 Å². The Balaban J connectivity index is 1.84. The average Bonchev–Trinajstić information content (AvgIpc) is 3.19. The molecular formula is C19H16Cl2N4O4. The summed E-state index contributed by atoms with van der Waals surface area (Å²) < 4.78 is 0. The normalized spacial score (nSPS) is 15.7. The molecule has 10 heteroatoms. The molecule has 1 atom stereocenters. The molecule has 2 aromatic rings. The van der Waals surface area contributed by atoms with Crippen molar-refractivity contribution < 1.29 is 14.5 Å². The van der Waals surface area contributed by atoms with Crippen LogP contribution >= 0.6 is 23.2 Å². The Hall–Kier alpha value is -2.97. The van der Waals surface area contributed by atoms with Crippen LogP contribution < -0.4 is 5.32 Å². The van der Waals surface area contributed by atoms with Crippen LogP contribution in [0.15, 0.2) is 53.6 Å². The molecule has 1 N–H and O–H groups in total. The van der Waals surface area contributed by atoms with E-state index in [1.807, 2.05) is 0 Å². The fourth-order valence-corrected chi connectivity index (χ4v) is 3.18. The molecule has 1 aliphatic heterocycles. The van der Waals surface area contributed by atoms with Gasteiger partial charge in [0.2, 0.25) is 5.91 Å². The summed E-state index contributed by atoms with van der Waals surface area (Å²) in [5, 5.41) is 19.3. The van der Waals surface area contributed by atoms with Crippen molar-refractivity contribution in [3.05, 3.63) is 69.8 Å². The van der Waals surface area contributed by atoms with Gasteiger partial charge in [0, 0.05) is 24.2 Å². The first-order valence-corrected chi connectivity index (χ1v) is 9.66. The van der Waals surface area contributed by atoms with Gasteiger partial charge in [0.05, 0.1) is 16.7 Å². The maximum Gasteiger partial charge on any atom is 0.269 e. The first-order valence-electron chi connectivity index (χ1n) is 8.59. The minimum atomic E-state index is -0.480. The maximum atomic E-state index is 12.3. The molecule has 0 spiro atoms. The molecule has 2 amide bonds. The number of anilines is 1. The number of carbonyl (C=O) groups is 2. The zero-order valence-corrected chi connectivity index (χ0v) is 16.6. The van der Waals surface area contributed by atoms with E-state index in [-0.39, 0.29) is 29.3 Å². The Kier molecular flexibility index (Phi) is 6.46. The summed E-state index contributed by atoms with van der Waals surface area (Å²) in [5.74, 6) is -1.05. The van der Waals surface area contributed by atoms with Gasteiger partial charge in [-0.15, -0.1) is 23.2 Å². The second-order valence-electron chi connectivity index (χ2n) is 6.25. The van der Waals surface area contributed by atoms with Gasteiger partial charge in [0.25, 0.3) is 11.6 Å². The number of benzene rings is 2. The summed E-state index contributed by atoms with van der Waals surface area (Å²) in [4.78, 5) is 34.0. The fraction of sp³-hybridized carbons (Fsp3) is 0.211. The number of carbonyl (C=O) groups excluding carboxylic acids is 2. The molecule has 1 unspecified atom stereocenters. The summed E-state index contributed by atoms with van der Waals surface area (Å²) in [6, 6.07) is 12.6. The third kappa shape index (κ3) is 4.72. The van der Waals surface area contributed by atoms with Crippen LogP contribution in [0.25, 0.3) is 0 Å². The number of hydrazone groups is 1. The fourth-order valence-electron chi connectivity index (χ4n) is 2.99. The Morgan fingerprint density at radius 1 is 1.10 bits per heavy atom. The number of nitrogens with one attached hydrogen (secondary N) is 1. The molecule has 0 saturated heterocycles. The van der Waals surface area contributed by atoms with E-state index >= 15 is 0 Å². The third-order valence-electron chi connectivity index (χ3n) is 4.39. The van der Waals surface area contributed by atoms with E-state index in [0.29, 0.717) is 17.8 Å². The summed E-state index contributed by atoms with van der Waals surface area (Å²) >= 11 is 11.2. The van der Waals surface area contributed by atoms with Crippen LogP contribution in [0.1, 0.15) is 23.6 Å². The van der Waals surface area contributed by atoms with Gasteiger partial charge in [-0.1, -0.05) is 24.3 Å². The molecule has 0 aromatic heterocycles. The summed E-state index contributed by atoms with van der Waals surface area (Å²) in [6.45, 7) is 0. The van der Waals surface area contributed by atoms with E-state index in [1.54, 1.807) is 36.4 Å². The quantitative estimate of drug-likeness (QED) is 0.425. The smallest absolute Gasteiger partial charge is 0.269 e. The predicted octanol–water partition coefficient (Wildman–Crippen LogP) is 3.69. The number of alkyl halides is 2. The van der Waals surface area contributed by atoms with Crippen molar-refractivity contribution in [3.63, 3.8) is 0 Å². The van der Waals surface area contributed by atoms with Gasteiger partial charge in [0.15, 0.2) is 0 Å². The van der Waals surface area contributed by atoms with Crippen LogP contribution in [0.5, 0.6) is 0 Å². The van der Waals surface area contributed by atoms with Crippen LogP contribution in [0, 0.1) is 10.1 Å². The molecule has 150 valence electrons. The number of halogens is 2. The molecule has 0 fully saturated rings. The van der Waals surface area contributed by atoms with Crippen molar-refractivity contribution in [1.82, 2.24) is 5.01 Å². The number of nitrogens with zero attached hydrogens (tertiary/aromatic N) is 3. The van der Waals surface area contributed by atoms with Crippen LogP contribution in [-0.2, 0) is 9.59 Å². The lowest BCUT2D eigenvalue weighted by Gasteiger charge is -2.21. The van der Waals surface area contributed by atoms with Gasteiger partial charge in [-0.05, 0) is 23.3 Å². The molecule has 1 aliphatic rings. The second kappa shape index (κ2) is 9.02. The van der Waals surface area contributed by atoms with Crippen LogP contribution in [-0.4, -0.2) is 39.2 Å². The summed E-state index contributed by atoms with van der Waals surface area (Å²) in [6.07, 6.45) is 0.424. The van der Waals surface area contributed by atoms with Crippen molar-refractivity contribution in [2.75, 3.05) is 17.1 Å². The van der Waals surface area contributed by atoms with Gasteiger partial charge in [-0.3, -0.25) is 19.7 Å². The zero-order valence-electron chi connectivity index (χ0n) is 15.0. The van der Waals surface area contributed by atoms with Crippen LogP contribution in [0.3, 0.4) is 0 Å². The van der Waals surface area contributed by atoms with Crippen molar-refractivity contribution in [2.45, 2.75) is 12.5 Å². The van der Waals surface area contributed by atoms with Crippen molar-refractivity contribution in [1.29, 1.82) is 0 Å². The summed E-state index contributed by atoms with van der Waals surface area (Å²) in [5.41, 5.74) is 2.74. The highest BCUT2D eigenvalue weighted by Gasteiger charge is 2.32. The lowest BCUT2D eigenvalue weighted by atomic mass is 9.98. The van der Waals surface area contributed by atoms with Crippen LogP contribution in [0.2, 0.25) is 0 Å². The lowest BCUT2D eigenvalue weighted by Crippen LogP contribution is -2.27. The molecule has 3 rings (SSSR count). The zero-order chi connectivity index (χ0) is 21.0. The average molecular weight is 435 g/mol. The molecule has 29 heavy (non-hydrogen) atoms. The Bertz CT molecular complexity index is 961. The standard InChI is InChI=1S/C19H16Cl2N4O4/c20-10-18(26)22-14-5-1-12(2-6-14)16-9-17(24(23-16)19(27)11-21)13-3-7-15(8-4-13)25(28)29/h1-8,17H,9-11H2,(H,22,26). The number of hydrogen-bond donors (Lipinski definition) is 1. The van der Waals surface area contributed by atoms with Gasteiger partial charge >= 0.3 is 0 Å². The second-order valence-corrected chi connectivity index (χ2v) is 6.78. The number of rotatable bonds is 6. The molecule has 0 radical (unpaired) electrons. The van der Waals surface area contributed by atoms with E-state index in [2.05, 4.69) is 10.4 Å². The number of nitro benzene ring substituents is 1. The third-order valence-corrected chi connectivity index (χ3v) is 4.86. The van der Waals surface area contributed by atoms with Gasteiger partial charge in [-0.25, -0.2) is 5.01 Å². The molecule has 0 bridgehead atoms. The van der Waals surface area contributed by atoms with Crippen molar-refractivity contribution >= 4 is 52.1 Å². The minimum absolute atomic E-state index is 0.0299. The molecule has 1 heterocycles. The Morgan fingerprint density at radius 2 is 1.76 bits per heavy atom. The van der Waals surface area contributed by atoms with Crippen molar-refractivity contribution in [2.24, 2.45) is 5.10 Å². The largest absolute Gasteiger partial charge is 0.325 e. The van der Waals surface area contributed by atoms with Gasteiger partial charge in [-0.2, -0.15) is 5.10 Å². The molecule has 0 saturated carbocycles. The van der Waals surface area contributed by atoms with E-state index in [9.17, 15) is 19.7 Å².